The zero-order valence-electron chi connectivity index (χ0n) is 11.0. The molecule has 1 aromatic carbocycles. The van der Waals surface area contributed by atoms with Gasteiger partial charge < -0.3 is 10.5 Å². The number of unbranched alkanes of at least 4 members (excludes halogenated alkanes) is 1. The normalized spacial score (nSPS) is 11.5. The molecule has 5 heteroatoms. The van der Waals surface area contributed by atoms with E-state index in [9.17, 15) is 8.42 Å². The van der Waals surface area contributed by atoms with Crippen LogP contribution < -0.4 is 10.5 Å². The lowest BCUT2D eigenvalue weighted by molar-refractivity contribution is 0.410. The molecule has 0 heterocycles. The predicted molar refractivity (Wildman–Crippen MR) is 73.3 cm³/mol. The molecule has 102 valence electrons. The molecule has 0 aliphatic heterocycles. The van der Waals surface area contributed by atoms with E-state index in [1.54, 1.807) is 13.2 Å². The number of methoxy groups -OCH3 is 1. The van der Waals surface area contributed by atoms with Crippen LogP contribution in [0.5, 0.6) is 5.75 Å². The number of benzene rings is 1. The second-order valence-electron chi connectivity index (χ2n) is 4.30. The van der Waals surface area contributed by atoms with Crippen molar-refractivity contribution in [3.8, 4) is 5.75 Å². The lowest BCUT2D eigenvalue weighted by atomic mass is 10.1. The second-order valence-corrected chi connectivity index (χ2v) is 6.48. The minimum Gasteiger partial charge on any atom is -0.496 e. The van der Waals surface area contributed by atoms with Crippen LogP contribution in [0.1, 0.15) is 30.9 Å². The summed E-state index contributed by atoms with van der Waals surface area (Å²) in [5.74, 6) is 0.844. The van der Waals surface area contributed by atoms with Crippen LogP contribution in [0.4, 0.5) is 0 Å². The Morgan fingerprint density at radius 2 is 2.06 bits per heavy atom. The van der Waals surface area contributed by atoms with E-state index in [-0.39, 0.29) is 11.5 Å². The van der Waals surface area contributed by atoms with Gasteiger partial charge in [-0.3, -0.25) is 0 Å². The number of hydrogen-bond donors (Lipinski definition) is 1. The number of rotatable bonds is 7. The van der Waals surface area contributed by atoms with E-state index in [2.05, 4.69) is 0 Å². The van der Waals surface area contributed by atoms with Crippen LogP contribution in [0.2, 0.25) is 0 Å². The van der Waals surface area contributed by atoms with Crippen molar-refractivity contribution in [2.45, 2.75) is 32.1 Å². The van der Waals surface area contributed by atoms with Gasteiger partial charge in [0.2, 0.25) is 0 Å². The van der Waals surface area contributed by atoms with Crippen molar-refractivity contribution in [3.63, 3.8) is 0 Å². The Morgan fingerprint density at radius 1 is 1.33 bits per heavy atom. The molecule has 0 saturated carbocycles. The van der Waals surface area contributed by atoms with E-state index in [4.69, 9.17) is 10.5 Å². The van der Waals surface area contributed by atoms with Crippen molar-refractivity contribution in [1.82, 2.24) is 0 Å². The van der Waals surface area contributed by atoms with Crippen molar-refractivity contribution < 1.29 is 13.2 Å². The van der Waals surface area contributed by atoms with Gasteiger partial charge in [0.05, 0.1) is 18.6 Å². The zero-order chi connectivity index (χ0) is 13.6. The Bertz CT molecular complexity index is 483. The number of sulfone groups is 1. The van der Waals surface area contributed by atoms with Gasteiger partial charge in [0, 0.05) is 12.1 Å². The highest BCUT2D eigenvalue weighted by Gasteiger charge is 2.15. The fourth-order valence-corrected chi connectivity index (χ4v) is 3.32. The fraction of sp³-hybridized carbons (Fsp3) is 0.538. The maximum Gasteiger partial charge on any atom is 0.154 e. The third-order valence-corrected chi connectivity index (χ3v) is 4.43. The summed E-state index contributed by atoms with van der Waals surface area (Å²) in [7, 11) is -1.53. The summed E-state index contributed by atoms with van der Waals surface area (Å²) in [6, 6.07) is 5.43. The van der Waals surface area contributed by atoms with E-state index in [0.29, 0.717) is 24.3 Å². The maximum atomic E-state index is 11.9. The first-order valence-corrected chi connectivity index (χ1v) is 7.90. The van der Waals surface area contributed by atoms with E-state index in [0.717, 1.165) is 12.0 Å². The highest BCUT2D eigenvalue weighted by molar-refractivity contribution is 7.90. The highest BCUT2D eigenvalue weighted by atomic mass is 32.2. The van der Waals surface area contributed by atoms with Crippen molar-refractivity contribution in [1.29, 1.82) is 0 Å². The minimum absolute atomic E-state index is 0.0179. The molecule has 0 bridgehead atoms. The summed E-state index contributed by atoms with van der Waals surface area (Å²) in [5.41, 5.74) is 7.17. The fourth-order valence-electron chi connectivity index (χ4n) is 1.75. The van der Waals surface area contributed by atoms with Crippen LogP contribution in [0.15, 0.2) is 18.2 Å². The van der Waals surface area contributed by atoms with Crippen LogP contribution in [0, 0.1) is 0 Å². The molecule has 0 unspecified atom stereocenters. The first kappa shape index (κ1) is 15.0. The summed E-state index contributed by atoms with van der Waals surface area (Å²) < 4.78 is 29.1. The molecule has 1 rings (SSSR count). The molecule has 2 N–H and O–H groups in total. The van der Waals surface area contributed by atoms with Crippen LogP contribution in [-0.4, -0.2) is 21.3 Å². The Hall–Kier alpha value is -1.07. The summed E-state index contributed by atoms with van der Waals surface area (Å²) in [5, 5.41) is 0. The monoisotopic (exact) mass is 271 g/mol. The van der Waals surface area contributed by atoms with Crippen LogP contribution in [0.25, 0.3) is 0 Å². The van der Waals surface area contributed by atoms with Gasteiger partial charge in [-0.2, -0.15) is 0 Å². The van der Waals surface area contributed by atoms with Crippen molar-refractivity contribution in [2.75, 3.05) is 12.9 Å². The van der Waals surface area contributed by atoms with Gasteiger partial charge in [0.15, 0.2) is 9.84 Å². The van der Waals surface area contributed by atoms with Gasteiger partial charge in [0.25, 0.3) is 0 Å². The van der Waals surface area contributed by atoms with E-state index < -0.39 is 9.84 Å². The molecule has 18 heavy (non-hydrogen) atoms. The highest BCUT2D eigenvalue weighted by Crippen LogP contribution is 2.22. The van der Waals surface area contributed by atoms with Gasteiger partial charge in [-0.1, -0.05) is 19.4 Å². The lowest BCUT2D eigenvalue weighted by Gasteiger charge is -2.10. The second kappa shape index (κ2) is 6.75. The largest absolute Gasteiger partial charge is 0.496 e. The quantitative estimate of drug-likeness (QED) is 0.822. The molecule has 0 aliphatic rings. The molecular weight excluding hydrogens is 250 g/mol. The minimum atomic E-state index is -3.08. The Balaban J connectivity index is 2.94. The van der Waals surface area contributed by atoms with Crippen molar-refractivity contribution in [2.24, 2.45) is 5.73 Å². The Morgan fingerprint density at radius 3 is 2.61 bits per heavy atom. The topological polar surface area (TPSA) is 69.4 Å². The number of hydrogen-bond acceptors (Lipinski definition) is 4. The third kappa shape index (κ3) is 4.31. The molecule has 0 fully saturated rings. The van der Waals surface area contributed by atoms with Gasteiger partial charge in [-0.25, -0.2) is 8.42 Å². The number of nitrogens with two attached hydrogens (primary N) is 1. The first-order valence-electron chi connectivity index (χ1n) is 6.08. The summed E-state index contributed by atoms with van der Waals surface area (Å²) >= 11 is 0. The standard InChI is InChI=1S/C13H21NO3S/c1-3-4-7-18(15,16)10-12-8-11(9-14)5-6-13(12)17-2/h5-6,8H,3-4,7,9-10,14H2,1-2H3. The molecule has 1 aromatic rings. The molecule has 0 spiro atoms. The Labute approximate surface area is 109 Å². The molecule has 0 radical (unpaired) electrons. The maximum absolute atomic E-state index is 11.9. The van der Waals surface area contributed by atoms with E-state index in [1.165, 1.54) is 0 Å². The summed E-state index contributed by atoms with van der Waals surface area (Å²) in [6.45, 7) is 2.37. The Kier molecular flexibility index (Phi) is 5.62. The lowest BCUT2D eigenvalue weighted by Crippen LogP contribution is -2.10. The molecular formula is C13H21NO3S. The number of ether oxygens (including phenoxy) is 1. The molecule has 0 saturated heterocycles. The average Bonchev–Trinajstić information content (AvgIpc) is 2.36. The molecule has 0 atom stereocenters. The average molecular weight is 271 g/mol. The smallest absolute Gasteiger partial charge is 0.154 e. The molecule has 0 aromatic heterocycles. The van der Waals surface area contributed by atoms with Crippen LogP contribution >= 0.6 is 0 Å². The van der Waals surface area contributed by atoms with Crippen molar-refractivity contribution >= 4 is 9.84 Å². The van der Waals surface area contributed by atoms with Gasteiger partial charge >= 0.3 is 0 Å². The zero-order valence-corrected chi connectivity index (χ0v) is 11.8. The van der Waals surface area contributed by atoms with E-state index >= 15 is 0 Å². The first-order chi connectivity index (χ1) is 8.52. The SMILES string of the molecule is CCCCS(=O)(=O)Cc1cc(CN)ccc1OC. The van der Waals surface area contributed by atoms with E-state index in [1.807, 2.05) is 19.1 Å². The third-order valence-electron chi connectivity index (χ3n) is 2.76. The predicted octanol–water partition coefficient (Wildman–Crippen LogP) is 1.87. The molecule has 4 nitrogen and oxygen atoms in total. The molecule has 0 aliphatic carbocycles. The van der Waals surface area contributed by atoms with Crippen molar-refractivity contribution in [3.05, 3.63) is 29.3 Å². The van der Waals surface area contributed by atoms with Gasteiger partial charge in [-0.15, -0.1) is 0 Å². The molecule has 0 amide bonds. The van der Waals surface area contributed by atoms with Gasteiger partial charge in [-0.05, 0) is 24.1 Å². The van der Waals surface area contributed by atoms with Crippen LogP contribution in [0.3, 0.4) is 0 Å². The summed E-state index contributed by atoms with van der Waals surface area (Å²) in [6.07, 6.45) is 1.57. The van der Waals surface area contributed by atoms with Gasteiger partial charge in [0.1, 0.15) is 5.75 Å². The van der Waals surface area contributed by atoms with Crippen LogP contribution in [-0.2, 0) is 22.1 Å². The summed E-state index contributed by atoms with van der Waals surface area (Å²) in [4.78, 5) is 0.